The van der Waals surface area contributed by atoms with Crippen LogP contribution in [0, 0.1) is 17.8 Å². The van der Waals surface area contributed by atoms with Crippen LogP contribution in [0.4, 0.5) is 0 Å². The molecular weight excluding hydrogens is 449 g/mol. The predicted molar refractivity (Wildman–Crippen MR) is 114 cm³/mol. The van der Waals surface area contributed by atoms with Crippen molar-refractivity contribution in [3.8, 4) is 0 Å². The number of hydrogen-bond acceptors (Lipinski definition) is 3. The number of fused-ring (bicyclic) bond motifs is 2. The molecule has 7 heteroatoms. The van der Waals surface area contributed by atoms with Gasteiger partial charge in [-0.2, -0.15) is 0 Å². The Morgan fingerprint density at radius 2 is 2.04 bits per heavy atom. The van der Waals surface area contributed by atoms with Gasteiger partial charge in [0.25, 0.3) is 0 Å². The number of guanidine groups is 1. The molecule has 0 amide bonds. The first-order valence-electron chi connectivity index (χ1n) is 9.58. The smallest absolute Gasteiger partial charge is 0.193 e. The fourth-order valence-corrected chi connectivity index (χ4v) is 6.18. The first-order valence-corrected chi connectivity index (χ1v) is 11.2. The molecule has 3 fully saturated rings. The van der Waals surface area contributed by atoms with Crippen molar-refractivity contribution in [1.82, 2.24) is 10.2 Å². The molecule has 0 spiro atoms. The average molecular weight is 483 g/mol. The second-order valence-corrected chi connectivity index (χ2v) is 11.2. The highest BCUT2D eigenvalue weighted by Gasteiger charge is 2.41. The Kier molecular flexibility index (Phi) is 7.07. The topological polar surface area (TPSA) is 61.8 Å². The standard InChI is InChI=1S/C18H33N3O2S.HI/c1-4-19-17(21-9-10-24(22,23)18(2,3)13-21)20-8-7-16-12-14-5-6-15(16)11-14;/h14-16H,4-13H2,1-3H3,(H,19,20);1H. The van der Waals surface area contributed by atoms with Gasteiger partial charge in [0.15, 0.2) is 15.8 Å². The van der Waals surface area contributed by atoms with Crippen LogP contribution in [-0.2, 0) is 9.84 Å². The van der Waals surface area contributed by atoms with Crippen LogP contribution in [0.1, 0.15) is 52.9 Å². The van der Waals surface area contributed by atoms with E-state index >= 15 is 0 Å². The normalized spacial score (nSPS) is 33.2. The maximum atomic E-state index is 12.2. The molecule has 1 aliphatic heterocycles. The summed E-state index contributed by atoms with van der Waals surface area (Å²) in [5.41, 5.74) is 0. The molecular formula is C18H34IN3O2S. The maximum Gasteiger partial charge on any atom is 0.193 e. The van der Waals surface area contributed by atoms with E-state index in [1.54, 1.807) is 0 Å². The molecule has 25 heavy (non-hydrogen) atoms. The molecule has 0 radical (unpaired) electrons. The van der Waals surface area contributed by atoms with E-state index in [9.17, 15) is 8.42 Å². The van der Waals surface area contributed by atoms with Crippen molar-refractivity contribution in [2.75, 3.05) is 31.9 Å². The van der Waals surface area contributed by atoms with Crippen molar-refractivity contribution in [3.05, 3.63) is 0 Å². The number of hydrogen-bond donors (Lipinski definition) is 1. The Balaban J connectivity index is 0.00000225. The van der Waals surface area contributed by atoms with Crippen molar-refractivity contribution >= 4 is 39.8 Å². The lowest BCUT2D eigenvalue weighted by molar-refractivity contribution is 0.316. The predicted octanol–water partition coefficient (Wildman–Crippen LogP) is 2.91. The zero-order chi connectivity index (χ0) is 17.4. The summed E-state index contributed by atoms with van der Waals surface area (Å²) in [6.07, 6.45) is 6.92. The van der Waals surface area contributed by atoms with E-state index in [2.05, 4.69) is 17.1 Å². The van der Waals surface area contributed by atoms with Gasteiger partial charge in [-0.3, -0.25) is 4.99 Å². The number of halogens is 1. The number of rotatable bonds is 4. The molecule has 5 nitrogen and oxygen atoms in total. The summed E-state index contributed by atoms with van der Waals surface area (Å²) in [6.45, 7) is 8.47. The summed E-state index contributed by atoms with van der Waals surface area (Å²) in [7, 11) is -3.01. The third-order valence-electron chi connectivity index (χ3n) is 6.32. The molecule has 0 aromatic carbocycles. The third-order valence-corrected chi connectivity index (χ3v) is 8.86. The molecule has 3 aliphatic rings. The van der Waals surface area contributed by atoms with Gasteiger partial charge in [0.1, 0.15) is 0 Å². The van der Waals surface area contributed by atoms with Crippen LogP contribution >= 0.6 is 24.0 Å². The minimum Gasteiger partial charge on any atom is -0.357 e. The zero-order valence-corrected chi connectivity index (χ0v) is 19.0. The van der Waals surface area contributed by atoms with Crippen molar-refractivity contribution in [2.45, 2.75) is 57.6 Å². The van der Waals surface area contributed by atoms with Crippen molar-refractivity contribution in [3.63, 3.8) is 0 Å². The van der Waals surface area contributed by atoms with E-state index in [0.717, 1.165) is 36.8 Å². The van der Waals surface area contributed by atoms with Crippen molar-refractivity contribution < 1.29 is 8.42 Å². The summed E-state index contributed by atoms with van der Waals surface area (Å²) >= 11 is 0. The molecule has 3 rings (SSSR count). The van der Waals surface area contributed by atoms with E-state index in [0.29, 0.717) is 13.1 Å². The van der Waals surface area contributed by atoms with Gasteiger partial charge in [-0.25, -0.2) is 8.42 Å². The summed E-state index contributed by atoms with van der Waals surface area (Å²) in [4.78, 5) is 6.96. The summed E-state index contributed by atoms with van der Waals surface area (Å²) in [6, 6.07) is 0. The number of aliphatic imine (C=N–C) groups is 1. The van der Waals surface area contributed by atoms with Gasteiger partial charge in [0, 0.05) is 26.2 Å². The Morgan fingerprint density at radius 3 is 2.60 bits per heavy atom. The highest BCUT2D eigenvalue weighted by Crippen LogP contribution is 2.49. The van der Waals surface area contributed by atoms with E-state index in [1.165, 1.54) is 32.1 Å². The van der Waals surface area contributed by atoms with Gasteiger partial charge in [-0.1, -0.05) is 6.42 Å². The van der Waals surface area contributed by atoms with Crippen LogP contribution in [-0.4, -0.2) is 56.0 Å². The quantitative estimate of drug-likeness (QED) is 0.380. The third kappa shape index (κ3) is 4.62. The van der Waals surface area contributed by atoms with Crippen LogP contribution in [0.2, 0.25) is 0 Å². The van der Waals surface area contributed by atoms with E-state index in [1.807, 2.05) is 13.8 Å². The minimum atomic E-state index is -3.01. The molecule has 2 aliphatic carbocycles. The lowest BCUT2D eigenvalue weighted by Crippen LogP contribution is -2.57. The lowest BCUT2D eigenvalue weighted by atomic mass is 9.86. The molecule has 1 heterocycles. The zero-order valence-electron chi connectivity index (χ0n) is 15.8. The molecule has 2 saturated carbocycles. The minimum absolute atomic E-state index is 0. The van der Waals surface area contributed by atoms with Gasteiger partial charge in [-0.05, 0) is 64.2 Å². The Labute approximate surface area is 170 Å². The fourth-order valence-electron chi connectivity index (χ4n) is 4.82. The van der Waals surface area contributed by atoms with Crippen LogP contribution in [0.25, 0.3) is 0 Å². The Morgan fingerprint density at radius 1 is 1.28 bits per heavy atom. The van der Waals surface area contributed by atoms with Crippen molar-refractivity contribution in [1.29, 1.82) is 0 Å². The second-order valence-electron chi connectivity index (χ2n) is 8.46. The first kappa shape index (κ1) is 21.3. The molecule has 146 valence electrons. The number of nitrogens with one attached hydrogen (secondary N) is 1. The second kappa shape index (κ2) is 8.31. The molecule has 0 aromatic heterocycles. The molecule has 2 bridgehead atoms. The highest BCUT2D eigenvalue weighted by molar-refractivity contribution is 14.0. The number of nitrogens with zero attached hydrogens (tertiary/aromatic N) is 2. The molecule has 1 N–H and O–H groups in total. The maximum absolute atomic E-state index is 12.2. The van der Waals surface area contributed by atoms with E-state index < -0.39 is 14.6 Å². The first-order chi connectivity index (χ1) is 11.3. The van der Waals surface area contributed by atoms with Gasteiger partial charge >= 0.3 is 0 Å². The monoisotopic (exact) mass is 483 g/mol. The van der Waals surface area contributed by atoms with E-state index in [-0.39, 0.29) is 29.7 Å². The van der Waals surface area contributed by atoms with Crippen LogP contribution in [0.15, 0.2) is 4.99 Å². The van der Waals surface area contributed by atoms with E-state index in [4.69, 9.17) is 4.99 Å². The van der Waals surface area contributed by atoms with Crippen LogP contribution < -0.4 is 5.32 Å². The molecule has 0 aromatic rings. The Bertz CT molecular complexity index is 591. The molecule has 3 atom stereocenters. The average Bonchev–Trinajstić information content (AvgIpc) is 3.12. The summed E-state index contributed by atoms with van der Waals surface area (Å²) < 4.78 is 23.7. The highest BCUT2D eigenvalue weighted by atomic mass is 127. The van der Waals surface area contributed by atoms with Gasteiger partial charge in [-0.15, -0.1) is 24.0 Å². The lowest BCUT2D eigenvalue weighted by Gasteiger charge is -2.39. The Hall–Kier alpha value is -0.0500. The van der Waals surface area contributed by atoms with Crippen LogP contribution in [0.5, 0.6) is 0 Å². The van der Waals surface area contributed by atoms with Crippen LogP contribution in [0.3, 0.4) is 0 Å². The molecule has 3 unspecified atom stereocenters. The fraction of sp³-hybridized carbons (Fsp3) is 0.944. The van der Waals surface area contributed by atoms with Gasteiger partial charge in [0.2, 0.25) is 0 Å². The van der Waals surface area contributed by atoms with Gasteiger partial charge < -0.3 is 10.2 Å². The largest absolute Gasteiger partial charge is 0.357 e. The SMILES string of the molecule is CCNC(=NCCC1CC2CCC1C2)N1CCS(=O)(=O)C(C)(C)C1.I. The molecule has 1 saturated heterocycles. The van der Waals surface area contributed by atoms with Gasteiger partial charge in [0.05, 0.1) is 10.5 Å². The summed E-state index contributed by atoms with van der Waals surface area (Å²) in [5.74, 6) is 3.92. The van der Waals surface area contributed by atoms with Crippen molar-refractivity contribution in [2.24, 2.45) is 22.7 Å². The number of sulfone groups is 1. The summed E-state index contributed by atoms with van der Waals surface area (Å²) in [5, 5.41) is 3.36.